The molecule has 0 bridgehead atoms. The average molecular weight is 417 g/mol. The minimum atomic E-state index is -0.0732. The molecule has 27 heavy (non-hydrogen) atoms. The number of allylic oxidation sites excluding steroid dienone is 2. The molecule has 4 nitrogen and oxygen atoms in total. The summed E-state index contributed by atoms with van der Waals surface area (Å²) in [6.45, 7) is 0. The highest BCUT2D eigenvalue weighted by molar-refractivity contribution is 8.86. The van der Waals surface area contributed by atoms with Crippen molar-refractivity contribution in [2.45, 2.75) is 0 Å². The van der Waals surface area contributed by atoms with Gasteiger partial charge in [0.15, 0.2) is 11.6 Å². The van der Waals surface area contributed by atoms with E-state index in [0.717, 1.165) is 8.47 Å². The molecule has 3 rings (SSSR count). The van der Waals surface area contributed by atoms with Gasteiger partial charge < -0.3 is 9.47 Å². The third-order valence-corrected chi connectivity index (χ3v) is 7.90. The largest absolute Gasteiger partial charge is 0.497 e. The zero-order valence-corrected chi connectivity index (χ0v) is 17.1. The van der Waals surface area contributed by atoms with Gasteiger partial charge in [-0.25, -0.2) is 0 Å². The topological polar surface area (TPSA) is 52.6 Å². The number of carbonyl (C=O) groups excluding carboxylic acids is 2. The van der Waals surface area contributed by atoms with Crippen LogP contribution in [0.1, 0.15) is 20.7 Å². The van der Waals surface area contributed by atoms with E-state index in [0.29, 0.717) is 22.6 Å². The van der Waals surface area contributed by atoms with Crippen molar-refractivity contribution in [2.75, 3.05) is 14.2 Å². The van der Waals surface area contributed by atoms with Gasteiger partial charge in [-0.05, 0) is 70.1 Å². The Kier molecular flexibility index (Phi) is 6.71. The van der Waals surface area contributed by atoms with E-state index in [1.165, 1.54) is 33.3 Å². The number of ketones is 2. The van der Waals surface area contributed by atoms with Crippen LogP contribution in [0.4, 0.5) is 0 Å². The summed E-state index contributed by atoms with van der Waals surface area (Å²) >= 11 is 1.43. The molecule has 0 aliphatic carbocycles. The minimum Gasteiger partial charge on any atom is -0.497 e. The first-order valence-corrected chi connectivity index (χ1v) is 10.9. The van der Waals surface area contributed by atoms with Gasteiger partial charge in [0.05, 0.1) is 22.7 Å². The first kappa shape index (κ1) is 19.7. The second-order valence-electron chi connectivity index (χ2n) is 5.38. The molecule has 1 heterocycles. The molecule has 7 heteroatoms. The number of carbonyl (C=O) groups is 2. The van der Waals surface area contributed by atoms with Gasteiger partial charge in [0, 0.05) is 23.3 Å². The molecule has 2 aromatic carbocycles. The van der Waals surface area contributed by atoms with Crippen LogP contribution in [-0.2, 0) is 0 Å². The predicted octanol–water partition coefficient (Wildman–Crippen LogP) is 5.58. The maximum atomic E-state index is 12.4. The third kappa shape index (κ3) is 5.22. The van der Waals surface area contributed by atoms with Crippen molar-refractivity contribution in [1.82, 2.24) is 0 Å². The van der Waals surface area contributed by atoms with Crippen LogP contribution in [0, 0.1) is 0 Å². The number of rotatable bonds is 6. The SMILES string of the molecule is COc1ccc(C(=O)/C=C2\SS/C(=C/C(=O)c3ccc(OC)cc3)S2)cc1. The molecule has 0 unspecified atom stereocenters. The predicted molar refractivity (Wildman–Crippen MR) is 114 cm³/mol. The van der Waals surface area contributed by atoms with Gasteiger partial charge in [-0.2, -0.15) is 0 Å². The Labute approximate surface area is 169 Å². The normalized spacial score (nSPS) is 16.5. The summed E-state index contributed by atoms with van der Waals surface area (Å²) in [4.78, 5) is 24.7. The van der Waals surface area contributed by atoms with Crippen molar-refractivity contribution >= 4 is 44.9 Å². The van der Waals surface area contributed by atoms with Gasteiger partial charge in [0.1, 0.15) is 11.5 Å². The molecule has 0 spiro atoms. The van der Waals surface area contributed by atoms with Gasteiger partial charge in [-0.3, -0.25) is 9.59 Å². The van der Waals surface area contributed by atoms with Gasteiger partial charge in [0.2, 0.25) is 0 Å². The standard InChI is InChI=1S/C20H16O4S3/c1-23-15-7-3-13(4-8-15)17(21)11-19-25-20(27-26-19)12-18(22)14-5-9-16(24-2)10-6-14/h3-12H,1-2H3/b19-11-,20-12+. The number of hydrogen-bond donors (Lipinski definition) is 0. The van der Waals surface area contributed by atoms with E-state index in [1.807, 2.05) is 0 Å². The molecular formula is C20H16O4S3. The lowest BCUT2D eigenvalue weighted by atomic mass is 10.1. The fourth-order valence-corrected chi connectivity index (χ4v) is 6.19. The molecule has 0 saturated carbocycles. The zero-order chi connectivity index (χ0) is 19.2. The fourth-order valence-electron chi connectivity index (χ4n) is 2.21. The van der Waals surface area contributed by atoms with Crippen LogP contribution in [0.5, 0.6) is 11.5 Å². The second kappa shape index (κ2) is 9.21. The Morgan fingerprint density at radius 2 is 1.07 bits per heavy atom. The molecule has 2 aromatic rings. The highest BCUT2D eigenvalue weighted by Crippen LogP contribution is 2.56. The smallest absolute Gasteiger partial charge is 0.187 e. The summed E-state index contributed by atoms with van der Waals surface area (Å²) in [7, 11) is 6.13. The van der Waals surface area contributed by atoms with Gasteiger partial charge in [-0.1, -0.05) is 11.8 Å². The Morgan fingerprint density at radius 3 is 1.41 bits per heavy atom. The Hall–Kier alpha value is -2.09. The molecule has 0 N–H and O–H groups in total. The summed E-state index contributed by atoms with van der Waals surface area (Å²) in [6, 6.07) is 14.0. The van der Waals surface area contributed by atoms with Gasteiger partial charge in [-0.15, -0.1) is 0 Å². The van der Waals surface area contributed by atoms with E-state index in [2.05, 4.69) is 0 Å². The zero-order valence-electron chi connectivity index (χ0n) is 14.6. The van der Waals surface area contributed by atoms with E-state index in [-0.39, 0.29) is 11.6 Å². The van der Waals surface area contributed by atoms with E-state index in [9.17, 15) is 9.59 Å². The van der Waals surface area contributed by atoms with Crippen LogP contribution in [-0.4, -0.2) is 25.8 Å². The van der Waals surface area contributed by atoms with Gasteiger partial charge >= 0.3 is 0 Å². The maximum absolute atomic E-state index is 12.4. The van der Waals surface area contributed by atoms with E-state index in [4.69, 9.17) is 9.47 Å². The van der Waals surface area contributed by atoms with Crippen molar-refractivity contribution in [1.29, 1.82) is 0 Å². The third-order valence-electron chi connectivity index (χ3n) is 3.65. The number of hydrogen-bond acceptors (Lipinski definition) is 7. The second-order valence-corrected chi connectivity index (χ2v) is 9.19. The van der Waals surface area contributed by atoms with Crippen LogP contribution in [0.25, 0.3) is 0 Å². The molecule has 1 aliphatic heterocycles. The summed E-state index contributed by atoms with van der Waals surface area (Å²) in [5.41, 5.74) is 1.20. The van der Waals surface area contributed by atoms with Crippen LogP contribution in [0.2, 0.25) is 0 Å². The van der Waals surface area contributed by atoms with Crippen LogP contribution < -0.4 is 9.47 Å². The van der Waals surface area contributed by atoms with Crippen molar-refractivity contribution in [3.05, 3.63) is 80.3 Å². The van der Waals surface area contributed by atoms with Crippen molar-refractivity contribution < 1.29 is 19.1 Å². The van der Waals surface area contributed by atoms with Crippen molar-refractivity contribution in [2.24, 2.45) is 0 Å². The van der Waals surface area contributed by atoms with E-state index < -0.39 is 0 Å². The summed E-state index contributed by atoms with van der Waals surface area (Å²) in [6.07, 6.45) is 3.20. The van der Waals surface area contributed by atoms with Gasteiger partial charge in [0.25, 0.3) is 0 Å². The molecule has 0 amide bonds. The molecular weight excluding hydrogens is 400 g/mol. The number of thioether (sulfide) groups is 1. The summed E-state index contributed by atoms with van der Waals surface area (Å²) in [5, 5.41) is 0. The number of benzene rings is 2. The monoisotopic (exact) mass is 416 g/mol. The van der Waals surface area contributed by atoms with Crippen LogP contribution in [0.15, 0.2) is 69.2 Å². The average Bonchev–Trinajstić information content (AvgIpc) is 3.14. The first-order valence-electron chi connectivity index (χ1n) is 7.91. The summed E-state index contributed by atoms with van der Waals surface area (Å²) in [5.74, 6) is 1.27. The molecule has 0 radical (unpaired) electrons. The first-order chi connectivity index (χ1) is 13.1. The van der Waals surface area contributed by atoms with E-state index in [1.54, 1.807) is 74.9 Å². The van der Waals surface area contributed by atoms with E-state index >= 15 is 0 Å². The molecule has 1 fully saturated rings. The molecule has 0 atom stereocenters. The van der Waals surface area contributed by atoms with Crippen LogP contribution >= 0.6 is 33.3 Å². The minimum absolute atomic E-state index is 0.0732. The highest BCUT2D eigenvalue weighted by atomic mass is 33.1. The van der Waals surface area contributed by atoms with Crippen molar-refractivity contribution in [3.8, 4) is 11.5 Å². The Balaban J connectivity index is 1.65. The lowest BCUT2D eigenvalue weighted by molar-refractivity contribution is 0.103. The lowest BCUT2D eigenvalue weighted by Crippen LogP contribution is -1.95. The maximum Gasteiger partial charge on any atom is 0.187 e. The Bertz CT molecular complexity index is 824. The lowest BCUT2D eigenvalue weighted by Gasteiger charge is -2.01. The summed E-state index contributed by atoms with van der Waals surface area (Å²) < 4.78 is 11.9. The molecule has 1 aliphatic rings. The molecule has 0 aromatic heterocycles. The van der Waals surface area contributed by atoms with Crippen molar-refractivity contribution in [3.63, 3.8) is 0 Å². The van der Waals surface area contributed by atoms with Crippen LogP contribution in [0.3, 0.4) is 0 Å². The highest BCUT2D eigenvalue weighted by Gasteiger charge is 2.19. The number of ether oxygens (including phenoxy) is 2. The Morgan fingerprint density at radius 1 is 0.704 bits per heavy atom. The quantitative estimate of drug-likeness (QED) is 0.346. The fraction of sp³-hybridized carbons (Fsp3) is 0.100. The molecule has 1 saturated heterocycles. The number of methoxy groups -OCH3 is 2. The molecule has 138 valence electrons.